The van der Waals surface area contributed by atoms with Gasteiger partial charge in [-0.1, -0.05) is 24.3 Å². The van der Waals surface area contributed by atoms with Crippen molar-refractivity contribution in [3.63, 3.8) is 0 Å². The highest BCUT2D eigenvalue weighted by Crippen LogP contribution is 2.23. The van der Waals surface area contributed by atoms with Gasteiger partial charge in [-0.15, -0.1) is 0 Å². The number of methoxy groups -OCH3 is 1. The average Bonchev–Trinajstić information content (AvgIpc) is 2.92. The summed E-state index contributed by atoms with van der Waals surface area (Å²) in [5.74, 6) is 0.863. The van der Waals surface area contributed by atoms with Crippen LogP contribution in [0.15, 0.2) is 30.3 Å². The maximum absolute atomic E-state index is 9.59. The minimum atomic E-state index is -0.0863. The first kappa shape index (κ1) is 17.6. The van der Waals surface area contributed by atoms with Gasteiger partial charge in [-0.3, -0.25) is 0 Å². The van der Waals surface area contributed by atoms with Gasteiger partial charge in [0.2, 0.25) is 0 Å². The van der Waals surface area contributed by atoms with E-state index < -0.39 is 0 Å². The van der Waals surface area contributed by atoms with Crippen molar-refractivity contribution in [1.82, 2.24) is 0 Å². The molecule has 3 rings (SSSR count). The van der Waals surface area contributed by atoms with E-state index in [1.807, 2.05) is 6.92 Å². The molecule has 3 nitrogen and oxygen atoms in total. The molecule has 0 saturated heterocycles. The van der Waals surface area contributed by atoms with Gasteiger partial charge in [-0.2, -0.15) is 0 Å². The maximum Gasteiger partial charge on any atom is 0.102 e. The number of benzene rings is 2. The van der Waals surface area contributed by atoms with Crippen LogP contribution in [-0.4, -0.2) is 24.4 Å². The molecule has 1 aliphatic rings. The number of aliphatic hydroxyl groups is 1. The summed E-state index contributed by atoms with van der Waals surface area (Å²) in [5.41, 5.74) is 3.31. The first-order valence-electron chi connectivity index (χ1n) is 8.76. The number of aliphatic hydroxyl groups excluding tert-OH is 1. The van der Waals surface area contributed by atoms with Gasteiger partial charge in [0.25, 0.3) is 0 Å². The SMILES string of the molecule is COC(C)=c1c(CCO)cc2c(c1NC(C)(C)C)C=c1ccccc1=2. The molecule has 0 spiro atoms. The second-order valence-electron chi connectivity index (χ2n) is 7.59. The van der Waals surface area contributed by atoms with Crippen LogP contribution in [0.1, 0.15) is 38.8 Å². The van der Waals surface area contributed by atoms with E-state index in [1.54, 1.807) is 7.11 Å². The Hall–Kier alpha value is -2.26. The molecule has 0 saturated carbocycles. The van der Waals surface area contributed by atoms with Gasteiger partial charge in [0.15, 0.2) is 0 Å². The van der Waals surface area contributed by atoms with E-state index in [0.29, 0.717) is 6.42 Å². The van der Waals surface area contributed by atoms with Crippen molar-refractivity contribution in [2.45, 2.75) is 39.7 Å². The van der Waals surface area contributed by atoms with Crippen LogP contribution in [0.2, 0.25) is 0 Å². The summed E-state index contributed by atoms with van der Waals surface area (Å²) < 4.78 is 5.60. The third kappa shape index (κ3) is 3.29. The fourth-order valence-electron chi connectivity index (χ4n) is 3.48. The molecule has 0 bridgehead atoms. The predicted molar refractivity (Wildman–Crippen MR) is 104 cm³/mol. The van der Waals surface area contributed by atoms with Crippen LogP contribution in [0.4, 0.5) is 5.69 Å². The van der Waals surface area contributed by atoms with Crippen LogP contribution in [0.25, 0.3) is 11.8 Å². The van der Waals surface area contributed by atoms with Gasteiger partial charge in [0, 0.05) is 22.9 Å². The zero-order valence-electron chi connectivity index (χ0n) is 15.7. The largest absolute Gasteiger partial charge is 0.501 e. The quantitative estimate of drug-likeness (QED) is 0.769. The number of anilines is 1. The first-order valence-corrected chi connectivity index (χ1v) is 8.76. The van der Waals surface area contributed by atoms with Gasteiger partial charge < -0.3 is 15.2 Å². The summed E-state index contributed by atoms with van der Waals surface area (Å²) in [6.07, 6.45) is 2.85. The zero-order chi connectivity index (χ0) is 18.2. The summed E-state index contributed by atoms with van der Waals surface area (Å²) in [6, 6.07) is 10.7. The second-order valence-corrected chi connectivity index (χ2v) is 7.59. The number of hydrogen-bond donors (Lipinski definition) is 2. The minimum Gasteiger partial charge on any atom is -0.501 e. The van der Waals surface area contributed by atoms with Crippen molar-refractivity contribution in [2.75, 3.05) is 19.0 Å². The topological polar surface area (TPSA) is 41.5 Å². The normalized spacial score (nSPS) is 13.7. The molecule has 1 aliphatic carbocycles. The Bertz CT molecular complexity index is 1010. The van der Waals surface area contributed by atoms with Crippen molar-refractivity contribution in [3.05, 3.63) is 62.3 Å². The fourth-order valence-corrected chi connectivity index (χ4v) is 3.48. The molecule has 132 valence electrons. The summed E-state index contributed by atoms with van der Waals surface area (Å²) in [7, 11) is 1.70. The molecule has 0 heterocycles. The van der Waals surface area contributed by atoms with Gasteiger partial charge >= 0.3 is 0 Å². The molecule has 2 aromatic carbocycles. The molecule has 2 N–H and O–H groups in total. The van der Waals surface area contributed by atoms with Crippen molar-refractivity contribution in [2.24, 2.45) is 0 Å². The van der Waals surface area contributed by atoms with Gasteiger partial charge in [0.1, 0.15) is 5.76 Å². The van der Waals surface area contributed by atoms with E-state index in [9.17, 15) is 5.11 Å². The molecule has 25 heavy (non-hydrogen) atoms. The molecule has 0 unspecified atom stereocenters. The Morgan fingerprint density at radius 3 is 2.52 bits per heavy atom. The monoisotopic (exact) mass is 337 g/mol. The lowest BCUT2D eigenvalue weighted by Crippen LogP contribution is -2.32. The van der Waals surface area contributed by atoms with Crippen LogP contribution in [0.5, 0.6) is 0 Å². The Morgan fingerprint density at radius 1 is 1.16 bits per heavy atom. The van der Waals surface area contributed by atoms with Gasteiger partial charge in [0.05, 0.1) is 12.8 Å². The molecule has 0 amide bonds. The molecule has 0 radical (unpaired) electrons. The van der Waals surface area contributed by atoms with Gasteiger partial charge in [-0.25, -0.2) is 0 Å². The van der Waals surface area contributed by atoms with E-state index in [1.165, 1.54) is 21.2 Å². The highest BCUT2D eigenvalue weighted by atomic mass is 16.5. The number of hydrogen-bond acceptors (Lipinski definition) is 3. The van der Waals surface area contributed by atoms with Crippen LogP contribution in [0.3, 0.4) is 0 Å². The first-order chi connectivity index (χ1) is 11.9. The van der Waals surface area contributed by atoms with E-state index in [0.717, 1.165) is 22.2 Å². The molecule has 3 heteroatoms. The third-order valence-electron chi connectivity index (χ3n) is 4.54. The van der Waals surface area contributed by atoms with Crippen molar-refractivity contribution >= 4 is 17.5 Å². The molecule has 0 atom stereocenters. The lowest BCUT2D eigenvalue weighted by atomic mass is 9.98. The Kier molecular flexibility index (Phi) is 4.61. The summed E-state index contributed by atoms with van der Waals surface area (Å²) in [4.78, 5) is 0. The Balaban J connectivity index is 2.51. The standard InChI is InChI=1S/C22H27NO2/c1-14(25-5)20-16(10-11-24)13-18-17-9-7-6-8-15(17)12-19(18)21(20)23-22(2,3)4/h6-9,12-13,23-24H,10-11H2,1-5H3. The van der Waals surface area contributed by atoms with Crippen LogP contribution in [0, 0.1) is 10.4 Å². The predicted octanol–water partition coefficient (Wildman–Crippen LogP) is 2.64. The maximum atomic E-state index is 9.59. The van der Waals surface area contributed by atoms with Crippen molar-refractivity contribution in [1.29, 1.82) is 0 Å². The van der Waals surface area contributed by atoms with Crippen LogP contribution in [-0.2, 0) is 11.2 Å². The highest BCUT2D eigenvalue weighted by Gasteiger charge is 2.19. The summed E-state index contributed by atoms with van der Waals surface area (Å²) in [6.45, 7) is 8.58. The number of rotatable bonds is 4. The molecule has 0 aromatic heterocycles. The number of fused-ring (bicyclic) bond motifs is 2. The van der Waals surface area contributed by atoms with E-state index in [2.05, 4.69) is 62.5 Å². The second kappa shape index (κ2) is 6.57. The lowest BCUT2D eigenvalue weighted by molar-refractivity contribution is 0.299. The van der Waals surface area contributed by atoms with E-state index in [-0.39, 0.29) is 12.1 Å². The number of nitrogens with one attached hydrogen (secondary N) is 1. The molecule has 0 fully saturated rings. The Labute approximate surface area is 149 Å². The van der Waals surface area contributed by atoms with Crippen LogP contribution < -0.4 is 15.8 Å². The summed E-state index contributed by atoms with van der Waals surface area (Å²) >= 11 is 0. The van der Waals surface area contributed by atoms with E-state index >= 15 is 0 Å². The molecular weight excluding hydrogens is 310 g/mol. The lowest BCUT2D eigenvalue weighted by Gasteiger charge is -2.25. The summed E-state index contributed by atoms with van der Waals surface area (Å²) in [5, 5.41) is 18.0. The van der Waals surface area contributed by atoms with Crippen molar-refractivity contribution < 1.29 is 9.84 Å². The van der Waals surface area contributed by atoms with Crippen LogP contribution >= 0.6 is 0 Å². The van der Waals surface area contributed by atoms with E-state index in [4.69, 9.17) is 4.74 Å². The molecule has 0 aliphatic heterocycles. The average molecular weight is 337 g/mol. The third-order valence-corrected chi connectivity index (χ3v) is 4.54. The molecule has 2 aromatic rings. The Morgan fingerprint density at radius 2 is 1.88 bits per heavy atom. The highest BCUT2D eigenvalue weighted by molar-refractivity contribution is 5.73. The van der Waals surface area contributed by atoms with Crippen molar-refractivity contribution in [3.8, 4) is 0 Å². The smallest absolute Gasteiger partial charge is 0.102 e. The minimum absolute atomic E-state index is 0.0863. The zero-order valence-corrected chi connectivity index (χ0v) is 15.7. The van der Waals surface area contributed by atoms with Gasteiger partial charge in [-0.05, 0) is 67.5 Å². The molecular formula is C22H27NO2. The number of ether oxygens (including phenoxy) is 1. The fraction of sp³-hybridized carbons (Fsp3) is 0.364.